The molecule has 0 saturated heterocycles. The Morgan fingerprint density at radius 2 is 2.00 bits per heavy atom. The molecule has 0 radical (unpaired) electrons. The summed E-state index contributed by atoms with van der Waals surface area (Å²) in [6.07, 6.45) is -0.712. The summed E-state index contributed by atoms with van der Waals surface area (Å²) in [5, 5.41) is 9.24. The Kier molecular flexibility index (Phi) is 3.86. The Hall–Kier alpha value is -0.120. The van der Waals surface area contributed by atoms with E-state index in [1.54, 1.807) is 0 Å². The highest BCUT2D eigenvalue weighted by molar-refractivity contribution is 4.64. The summed E-state index contributed by atoms with van der Waals surface area (Å²) in [6.45, 7) is 6.60. The first-order valence-corrected chi connectivity index (χ1v) is 3.48. The molecular formula is C7H17NO2. The Morgan fingerprint density at radius 3 is 2.30 bits per heavy atom. The predicted molar refractivity (Wildman–Crippen MR) is 40.5 cm³/mol. The first-order chi connectivity index (χ1) is 4.48. The molecule has 3 nitrogen and oxygen atoms in total. The molecule has 0 aromatic rings. The van der Waals surface area contributed by atoms with Crippen LogP contribution in [0.15, 0.2) is 0 Å². The van der Waals surface area contributed by atoms with Crippen LogP contribution in [-0.4, -0.2) is 24.5 Å². The summed E-state index contributed by atoms with van der Waals surface area (Å²) in [5.74, 6) is 0. The van der Waals surface area contributed by atoms with Crippen molar-refractivity contribution in [3.05, 3.63) is 0 Å². The van der Waals surface area contributed by atoms with Crippen molar-refractivity contribution < 1.29 is 9.84 Å². The smallest absolute Gasteiger partial charge is 0.159 e. The van der Waals surface area contributed by atoms with Crippen LogP contribution in [0.2, 0.25) is 0 Å². The molecule has 0 bridgehead atoms. The van der Waals surface area contributed by atoms with Gasteiger partial charge >= 0.3 is 0 Å². The fraction of sp³-hybridized carbons (Fsp3) is 1.00. The molecule has 0 amide bonds. The topological polar surface area (TPSA) is 55.5 Å². The molecule has 0 fully saturated rings. The fourth-order valence-electron chi connectivity index (χ4n) is 0.430. The second kappa shape index (κ2) is 3.91. The van der Waals surface area contributed by atoms with Gasteiger partial charge in [-0.15, -0.1) is 0 Å². The van der Waals surface area contributed by atoms with E-state index in [9.17, 15) is 5.11 Å². The van der Waals surface area contributed by atoms with E-state index in [2.05, 4.69) is 0 Å². The van der Waals surface area contributed by atoms with E-state index in [4.69, 9.17) is 10.5 Å². The molecule has 10 heavy (non-hydrogen) atoms. The predicted octanol–water partition coefficient (Wildman–Crippen LogP) is 0.326. The van der Waals surface area contributed by atoms with Crippen molar-refractivity contribution in [1.29, 1.82) is 0 Å². The minimum atomic E-state index is -0.712. The third kappa shape index (κ3) is 3.82. The largest absolute Gasteiger partial charge is 0.368 e. The molecule has 0 aliphatic carbocycles. The van der Waals surface area contributed by atoms with E-state index in [1.165, 1.54) is 0 Å². The van der Waals surface area contributed by atoms with Gasteiger partial charge in [-0.05, 0) is 0 Å². The van der Waals surface area contributed by atoms with Gasteiger partial charge in [0.15, 0.2) is 6.29 Å². The Bertz CT molecular complexity index is 88.1. The number of hydrogen-bond donors (Lipinski definition) is 2. The van der Waals surface area contributed by atoms with E-state index in [0.717, 1.165) is 0 Å². The molecule has 0 aromatic heterocycles. The minimum absolute atomic E-state index is 0.213. The lowest BCUT2D eigenvalue weighted by molar-refractivity contribution is -0.156. The van der Waals surface area contributed by atoms with E-state index < -0.39 is 6.29 Å². The normalized spacial score (nSPS) is 15.3. The van der Waals surface area contributed by atoms with Gasteiger partial charge in [0, 0.05) is 12.0 Å². The molecular weight excluding hydrogens is 130 g/mol. The van der Waals surface area contributed by atoms with Crippen molar-refractivity contribution in [2.75, 3.05) is 13.2 Å². The molecule has 0 aliphatic rings. The molecule has 0 heterocycles. The van der Waals surface area contributed by atoms with Gasteiger partial charge in [0.1, 0.15) is 0 Å². The highest BCUT2D eigenvalue weighted by Crippen LogP contribution is 2.19. The van der Waals surface area contributed by atoms with Gasteiger partial charge < -0.3 is 15.6 Å². The first kappa shape index (κ1) is 9.88. The second-order valence-corrected chi connectivity index (χ2v) is 3.38. The van der Waals surface area contributed by atoms with Crippen LogP contribution in [0.3, 0.4) is 0 Å². The Balaban J connectivity index is 3.52. The standard InChI is InChI=1S/C7H17NO2/c1-7(2,3)6(9)10-5-4-8/h6,9H,4-5,8H2,1-3H3. The van der Waals surface area contributed by atoms with Crippen LogP contribution >= 0.6 is 0 Å². The van der Waals surface area contributed by atoms with Crippen molar-refractivity contribution in [3.8, 4) is 0 Å². The maximum absolute atomic E-state index is 9.24. The van der Waals surface area contributed by atoms with E-state index >= 15 is 0 Å². The van der Waals surface area contributed by atoms with Crippen molar-refractivity contribution in [3.63, 3.8) is 0 Å². The van der Waals surface area contributed by atoms with E-state index in [-0.39, 0.29) is 5.41 Å². The highest BCUT2D eigenvalue weighted by Gasteiger charge is 2.21. The van der Waals surface area contributed by atoms with Crippen molar-refractivity contribution in [2.24, 2.45) is 11.1 Å². The molecule has 0 rings (SSSR count). The lowest BCUT2D eigenvalue weighted by Gasteiger charge is -2.25. The third-order valence-electron chi connectivity index (χ3n) is 1.13. The zero-order valence-corrected chi connectivity index (χ0v) is 6.92. The zero-order valence-electron chi connectivity index (χ0n) is 6.92. The second-order valence-electron chi connectivity index (χ2n) is 3.38. The summed E-state index contributed by atoms with van der Waals surface area (Å²) in [6, 6.07) is 0. The summed E-state index contributed by atoms with van der Waals surface area (Å²) in [5.41, 5.74) is 4.97. The number of ether oxygens (including phenoxy) is 1. The van der Waals surface area contributed by atoms with Gasteiger partial charge in [0.2, 0.25) is 0 Å². The maximum atomic E-state index is 9.24. The number of hydrogen-bond acceptors (Lipinski definition) is 3. The molecule has 0 spiro atoms. The van der Waals surface area contributed by atoms with Crippen molar-refractivity contribution >= 4 is 0 Å². The quantitative estimate of drug-likeness (QED) is 0.565. The highest BCUT2D eigenvalue weighted by atomic mass is 16.6. The van der Waals surface area contributed by atoms with Crippen LogP contribution in [0, 0.1) is 5.41 Å². The summed E-state index contributed by atoms with van der Waals surface area (Å²) in [4.78, 5) is 0. The molecule has 0 aromatic carbocycles. The Morgan fingerprint density at radius 1 is 1.50 bits per heavy atom. The number of aliphatic hydroxyl groups excluding tert-OH is 1. The average Bonchev–Trinajstić information content (AvgIpc) is 1.80. The van der Waals surface area contributed by atoms with Crippen LogP contribution in [0.5, 0.6) is 0 Å². The van der Waals surface area contributed by atoms with Crippen molar-refractivity contribution in [2.45, 2.75) is 27.1 Å². The van der Waals surface area contributed by atoms with Gasteiger partial charge in [0.25, 0.3) is 0 Å². The van der Waals surface area contributed by atoms with E-state index in [1.807, 2.05) is 20.8 Å². The van der Waals surface area contributed by atoms with Crippen molar-refractivity contribution in [1.82, 2.24) is 0 Å². The molecule has 0 aliphatic heterocycles. The van der Waals surface area contributed by atoms with Gasteiger partial charge in [-0.3, -0.25) is 0 Å². The summed E-state index contributed by atoms with van der Waals surface area (Å²) in [7, 11) is 0. The Labute approximate surface area is 62.2 Å². The molecule has 3 N–H and O–H groups in total. The van der Waals surface area contributed by atoms with Crippen LogP contribution in [-0.2, 0) is 4.74 Å². The van der Waals surface area contributed by atoms with Crippen LogP contribution in [0.4, 0.5) is 0 Å². The van der Waals surface area contributed by atoms with E-state index in [0.29, 0.717) is 13.2 Å². The van der Waals surface area contributed by atoms with Crippen LogP contribution in [0.1, 0.15) is 20.8 Å². The number of aliphatic hydroxyl groups is 1. The third-order valence-corrected chi connectivity index (χ3v) is 1.13. The number of rotatable bonds is 3. The molecule has 3 heteroatoms. The molecule has 0 saturated carbocycles. The first-order valence-electron chi connectivity index (χ1n) is 3.48. The molecule has 1 atom stereocenters. The minimum Gasteiger partial charge on any atom is -0.368 e. The van der Waals surface area contributed by atoms with Crippen LogP contribution in [0.25, 0.3) is 0 Å². The van der Waals surface area contributed by atoms with Gasteiger partial charge in [-0.2, -0.15) is 0 Å². The summed E-state index contributed by atoms with van der Waals surface area (Å²) >= 11 is 0. The molecule has 1 unspecified atom stereocenters. The number of nitrogens with two attached hydrogens (primary N) is 1. The van der Waals surface area contributed by atoms with Crippen LogP contribution < -0.4 is 5.73 Å². The fourth-order valence-corrected chi connectivity index (χ4v) is 0.430. The van der Waals surface area contributed by atoms with Gasteiger partial charge in [-0.25, -0.2) is 0 Å². The lowest BCUT2D eigenvalue weighted by atomic mass is 9.96. The average molecular weight is 147 g/mol. The molecule has 62 valence electrons. The SMILES string of the molecule is CC(C)(C)C(O)OCCN. The maximum Gasteiger partial charge on any atom is 0.159 e. The van der Waals surface area contributed by atoms with Gasteiger partial charge in [0.05, 0.1) is 6.61 Å². The summed E-state index contributed by atoms with van der Waals surface area (Å²) < 4.78 is 4.99. The lowest BCUT2D eigenvalue weighted by Crippen LogP contribution is -2.30. The zero-order chi connectivity index (χ0) is 8.20. The monoisotopic (exact) mass is 147 g/mol. The van der Waals surface area contributed by atoms with Gasteiger partial charge in [-0.1, -0.05) is 20.8 Å².